The van der Waals surface area contributed by atoms with Crippen molar-refractivity contribution in [3.8, 4) is 0 Å². The van der Waals surface area contributed by atoms with Crippen LogP contribution in [0.2, 0.25) is 0 Å². The molecular weight excluding hydrogens is 841 g/mol. The van der Waals surface area contributed by atoms with Crippen LogP contribution in [0.5, 0.6) is 0 Å². The highest BCUT2D eigenvalue weighted by Gasteiger charge is 2.19. The lowest BCUT2D eigenvalue weighted by Crippen LogP contribution is -2.30. The highest BCUT2D eigenvalue weighted by molar-refractivity contribution is 5.71. The van der Waals surface area contributed by atoms with Gasteiger partial charge in [0.2, 0.25) is 0 Å². The van der Waals surface area contributed by atoms with Gasteiger partial charge in [-0.05, 0) is 70.6 Å². The van der Waals surface area contributed by atoms with E-state index in [2.05, 4.69) is 81.5 Å². The van der Waals surface area contributed by atoms with Crippen LogP contribution in [0.4, 0.5) is 0 Å². The van der Waals surface area contributed by atoms with E-state index in [4.69, 9.17) is 14.2 Å². The van der Waals surface area contributed by atoms with Gasteiger partial charge in [0, 0.05) is 19.3 Å². The van der Waals surface area contributed by atoms with Gasteiger partial charge in [-0.3, -0.25) is 14.4 Å². The maximum atomic E-state index is 12.8. The molecule has 0 spiro atoms. The second-order valence-corrected chi connectivity index (χ2v) is 19.2. The van der Waals surface area contributed by atoms with Gasteiger partial charge >= 0.3 is 17.9 Å². The molecule has 0 fully saturated rings. The number of allylic oxidation sites excluding steroid dienone is 12. The molecule has 0 aliphatic carbocycles. The fraction of sp³-hybridized carbons (Fsp3) is 0.758. The molecule has 68 heavy (non-hydrogen) atoms. The summed E-state index contributed by atoms with van der Waals surface area (Å²) < 4.78 is 16.8. The lowest BCUT2D eigenvalue weighted by Gasteiger charge is -2.18. The summed E-state index contributed by atoms with van der Waals surface area (Å²) in [7, 11) is 0. The van der Waals surface area contributed by atoms with Crippen LogP contribution in [0.3, 0.4) is 0 Å². The molecule has 0 amide bonds. The number of esters is 3. The zero-order valence-corrected chi connectivity index (χ0v) is 44.9. The highest BCUT2D eigenvalue weighted by Crippen LogP contribution is 2.17. The van der Waals surface area contributed by atoms with Crippen LogP contribution >= 0.6 is 0 Å². The molecule has 0 N–H and O–H groups in total. The Labute approximate surface area is 421 Å². The maximum absolute atomic E-state index is 12.8. The smallest absolute Gasteiger partial charge is 0.306 e. The average Bonchev–Trinajstić information content (AvgIpc) is 3.34. The second-order valence-electron chi connectivity index (χ2n) is 19.2. The fourth-order valence-electron chi connectivity index (χ4n) is 8.14. The Kier molecular flexibility index (Phi) is 53.8. The monoisotopic (exact) mass is 949 g/mol. The normalized spacial score (nSPS) is 12.6. The van der Waals surface area contributed by atoms with Gasteiger partial charge in [0.25, 0.3) is 0 Å². The third-order valence-electron chi connectivity index (χ3n) is 12.4. The average molecular weight is 950 g/mol. The molecule has 392 valence electrons. The number of rotatable bonds is 52. The van der Waals surface area contributed by atoms with E-state index in [1.54, 1.807) is 0 Å². The minimum absolute atomic E-state index is 0.106. The van der Waals surface area contributed by atoms with E-state index in [9.17, 15) is 14.4 Å². The summed E-state index contributed by atoms with van der Waals surface area (Å²) in [5.74, 6) is -0.996. The van der Waals surface area contributed by atoms with Crippen LogP contribution in [0.25, 0.3) is 0 Å². The van der Waals surface area contributed by atoms with Crippen molar-refractivity contribution < 1.29 is 28.6 Å². The minimum Gasteiger partial charge on any atom is -0.462 e. The van der Waals surface area contributed by atoms with Crippen LogP contribution in [-0.4, -0.2) is 37.2 Å². The molecule has 6 heteroatoms. The second kappa shape index (κ2) is 56.4. The predicted molar refractivity (Wildman–Crippen MR) is 293 cm³/mol. The Hall–Kier alpha value is -3.15. The molecule has 0 aliphatic rings. The zero-order chi connectivity index (χ0) is 49.3. The number of hydrogen-bond acceptors (Lipinski definition) is 6. The van der Waals surface area contributed by atoms with Gasteiger partial charge in [-0.15, -0.1) is 0 Å². The first-order valence-corrected chi connectivity index (χ1v) is 28.9. The van der Waals surface area contributed by atoms with Crippen LogP contribution in [0, 0.1) is 0 Å². The van der Waals surface area contributed by atoms with Crippen molar-refractivity contribution in [2.75, 3.05) is 13.2 Å². The summed E-state index contributed by atoms with van der Waals surface area (Å²) in [6.07, 6.45) is 72.1. The Morgan fingerprint density at radius 3 is 1.01 bits per heavy atom. The van der Waals surface area contributed by atoms with Crippen LogP contribution in [0.15, 0.2) is 72.9 Å². The van der Waals surface area contributed by atoms with Crippen LogP contribution in [0.1, 0.15) is 284 Å². The van der Waals surface area contributed by atoms with E-state index in [1.165, 1.54) is 141 Å². The summed E-state index contributed by atoms with van der Waals surface area (Å²) >= 11 is 0. The summed E-state index contributed by atoms with van der Waals surface area (Å²) in [6, 6.07) is 0. The van der Waals surface area contributed by atoms with Gasteiger partial charge in [0.05, 0.1) is 0 Å². The van der Waals surface area contributed by atoms with Crippen molar-refractivity contribution in [1.82, 2.24) is 0 Å². The highest BCUT2D eigenvalue weighted by atomic mass is 16.6. The van der Waals surface area contributed by atoms with Crippen LogP contribution < -0.4 is 0 Å². The van der Waals surface area contributed by atoms with E-state index in [0.717, 1.165) is 96.3 Å². The Bertz CT molecular complexity index is 1270. The molecule has 0 aromatic rings. The summed E-state index contributed by atoms with van der Waals surface area (Å²) in [5, 5.41) is 0. The first-order valence-electron chi connectivity index (χ1n) is 28.9. The molecule has 1 unspecified atom stereocenters. The van der Waals surface area contributed by atoms with Crippen molar-refractivity contribution in [2.45, 2.75) is 290 Å². The van der Waals surface area contributed by atoms with Gasteiger partial charge in [-0.25, -0.2) is 0 Å². The number of ether oxygens (including phenoxy) is 3. The minimum atomic E-state index is -0.817. The van der Waals surface area contributed by atoms with Crippen molar-refractivity contribution in [3.05, 3.63) is 72.9 Å². The van der Waals surface area contributed by atoms with E-state index < -0.39 is 12.1 Å². The van der Waals surface area contributed by atoms with E-state index in [-0.39, 0.29) is 31.6 Å². The topological polar surface area (TPSA) is 78.9 Å². The van der Waals surface area contributed by atoms with Gasteiger partial charge in [-0.2, -0.15) is 0 Å². The van der Waals surface area contributed by atoms with Crippen molar-refractivity contribution in [1.29, 1.82) is 0 Å². The van der Waals surface area contributed by atoms with E-state index >= 15 is 0 Å². The van der Waals surface area contributed by atoms with E-state index in [0.29, 0.717) is 19.3 Å². The number of hydrogen-bond donors (Lipinski definition) is 0. The molecular formula is C62H108O6. The third kappa shape index (κ3) is 53.8. The van der Waals surface area contributed by atoms with Gasteiger partial charge < -0.3 is 14.2 Å². The number of carbonyl (C=O) groups excluding carboxylic acids is 3. The van der Waals surface area contributed by atoms with Crippen molar-refractivity contribution in [2.24, 2.45) is 0 Å². The van der Waals surface area contributed by atoms with E-state index in [1.807, 2.05) is 12.2 Å². The van der Waals surface area contributed by atoms with Gasteiger partial charge in [0.15, 0.2) is 6.10 Å². The fourth-order valence-corrected chi connectivity index (χ4v) is 8.14. The van der Waals surface area contributed by atoms with Crippen molar-refractivity contribution in [3.63, 3.8) is 0 Å². The summed E-state index contributed by atoms with van der Waals surface area (Å²) in [4.78, 5) is 38.0. The van der Waals surface area contributed by atoms with Gasteiger partial charge in [0.1, 0.15) is 13.2 Å². The molecule has 0 saturated carbocycles. The lowest BCUT2D eigenvalue weighted by molar-refractivity contribution is -0.166. The standard InChI is InChI=1S/C62H108O6/c1-4-7-10-13-16-19-22-25-26-27-28-29-30-31-32-33-34-35-38-40-43-46-49-52-55-61(64)67-58-59(68-62(65)56-53-50-47-44-41-37-24-21-18-15-12-9-6-3)57-66-60(63)54-51-48-45-42-39-36-23-20-17-14-11-8-5-2/h9,11-12,14,18,20-21,23,37,41,47,50,59H,4-8,10,13,15-17,19,22,24-36,38-40,42-46,48-49,51-58H2,1-3H3/b12-9-,14-11-,21-18-,23-20-,41-37-,50-47-. The molecule has 0 aromatic heterocycles. The Morgan fingerprint density at radius 1 is 0.309 bits per heavy atom. The molecule has 0 aromatic carbocycles. The SMILES string of the molecule is CC/C=C\C/C=C\C/C=C\C/C=C\CCC(=O)OC(COC(=O)CCCCCCC/C=C\C/C=C\CCC)COC(=O)CCCCCCCCCCCCCCCCCCCCCCCCCC. The first kappa shape index (κ1) is 64.8. The Morgan fingerprint density at radius 2 is 0.632 bits per heavy atom. The molecule has 0 heterocycles. The molecule has 6 nitrogen and oxygen atoms in total. The maximum Gasteiger partial charge on any atom is 0.306 e. The van der Waals surface area contributed by atoms with Crippen molar-refractivity contribution >= 4 is 17.9 Å². The summed E-state index contributed by atoms with van der Waals surface area (Å²) in [5.41, 5.74) is 0. The van der Waals surface area contributed by atoms with Gasteiger partial charge in [-0.1, -0.05) is 267 Å². The van der Waals surface area contributed by atoms with Crippen LogP contribution in [-0.2, 0) is 28.6 Å². The predicted octanol–water partition coefficient (Wildman–Crippen LogP) is 19.4. The molecule has 0 radical (unpaired) electrons. The number of unbranched alkanes of at least 4 members (excludes halogenated alkanes) is 29. The third-order valence-corrected chi connectivity index (χ3v) is 12.4. The quantitative estimate of drug-likeness (QED) is 0.0262. The molecule has 1 atom stereocenters. The zero-order valence-electron chi connectivity index (χ0n) is 44.9. The largest absolute Gasteiger partial charge is 0.462 e. The molecule has 0 bridgehead atoms. The molecule has 0 rings (SSSR count). The molecule has 0 aliphatic heterocycles. The summed E-state index contributed by atoms with van der Waals surface area (Å²) in [6.45, 7) is 6.41. The number of carbonyl (C=O) groups is 3. The Balaban J connectivity index is 4.29. The lowest BCUT2D eigenvalue weighted by atomic mass is 10.0. The molecule has 0 saturated heterocycles. The first-order chi connectivity index (χ1) is 33.5.